The lowest BCUT2D eigenvalue weighted by Crippen LogP contribution is -1.97. The van der Waals surface area contributed by atoms with Crippen molar-refractivity contribution in [3.63, 3.8) is 0 Å². The smallest absolute Gasteiger partial charge is 0.337 e. The molecule has 86 valence electrons. The summed E-state index contributed by atoms with van der Waals surface area (Å²) in [6.45, 7) is 0.668. The topological polar surface area (TPSA) is 66.0 Å². The van der Waals surface area contributed by atoms with Crippen molar-refractivity contribution in [2.24, 2.45) is 0 Å². The van der Waals surface area contributed by atoms with Crippen LogP contribution in [0.2, 0.25) is 0 Å². The Morgan fingerprint density at radius 3 is 2.88 bits per heavy atom. The number of carboxylic acids is 1. The highest BCUT2D eigenvalue weighted by molar-refractivity contribution is 6.03. The Hall–Kier alpha value is -2.28. The number of nitrogens with zero attached hydrogens (tertiary/aromatic N) is 2. The molecule has 0 aliphatic heterocycles. The second kappa shape index (κ2) is 4.71. The van der Waals surface area contributed by atoms with E-state index in [9.17, 15) is 4.79 Å². The van der Waals surface area contributed by atoms with Crippen molar-refractivity contribution < 1.29 is 9.90 Å². The van der Waals surface area contributed by atoms with Crippen molar-refractivity contribution >= 4 is 16.9 Å². The number of aromatic carboxylic acids is 1. The molecule has 0 aliphatic rings. The predicted molar refractivity (Wildman–Crippen MR) is 63.7 cm³/mol. The number of benzene rings is 1. The van der Waals surface area contributed by atoms with E-state index >= 15 is 0 Å². The molecule has 0 amide bonds. The average Bonchev–Trinajstić information content (AvgIpc) is 2.69. The highest BCUT2D eigenvalue weighted by atomic mass is 16.4. The number of fused-ring (bicyclic) bond motifs is 1. The number of carbonyl (C=O) groups is 1. The summed E-state index contributed by atoms with van der Waals surface area (Å²) in [5.74, 6) is -0.916. The maximum absolute atomic E-state index is 11.1. The molecule has 0 bridgehead atoms. The third kappa shape index (κ3) is 2.13. The van der Waals surface area contributed by atoms with E-state index in [4.69, 9.17) is 10.4 Å². The first-order chi connectivity index (χ1) is 8.24. The van der Waals surface area contributed by atoms with Gasteiger partial charge in [-0.25, -0.2) is 4.79 Å². The minimum Gasteiger partial charge on any atom is -0.478 e. The number of para-hydroxylation sites is 1. The molecule has 0 fully saturated rings. The second-order valence-corrected chi connectivity index (χ2v) is 3.82. The summed E-state index contributed by atoms with van der Waals surface area (Å²) in [5, 5.41) is 18.3. The maximum Gasteiger partial charge on any atom is 0.337 e. The van der Waals surface area contributed by atoms with E-state index in [0.717, 1.165) is 17.3 Å². The van der Waals surface area contributed by atoms with Crippen molar-refractivity contribution in [2.45, 2.75) is 19.4 Å². The van der Waals surface area contributed by atoms with Crippen LogP contribution in [0.3, 0.4) is 0 Å². The van der Waals surface area contributed by atoms with E-state index < -0.39 is 5.97 Å². The van der Waals surface area contributed by atoms with Gasteiger partial charge in [0.2, 0.25) is 0 Å². The fourth-order valence-electron chi connectivity index (χ4n) is 1.93. The molecule has 2 rings (SSSR count). The molecule has 0 radical (unpaired) electrons. The Balaban J connectivity index is 2.42. The largest absolute Gasteiger partial charge is 0.478 e. The predicted octanol–water partition coefficient (Wildman–Crippen LogP) is 2.64. The number of aryl methyl sites for hydroxylation is 1. The van der Waals surface area contributed by atoms with Crippen LogP contribution in [0.5, 0.6) is 0 Å². The third-order valence-electron chi connectivity index (χ3n) is 2.71. The average molecular weight is 228 g/mol. The van der Waals surface area contributed by atoms with Gasteiger partial charge in [-0.1, -0.05) is 18.2 Å². The van der Waals surface area contributed by atoms with Gasteiger partial charge >= 0.3 is 5.97 Å². The molecule has 1 aromatic heterocycles. The first-order valence-electron chi connectivity index (χ1n) is 5.42. The first-order valence-corrected chi connectivity index (χ1v) is 5.42. The van der Waals surface area contributed by atoms with Crippen LogP contribution >= 0.6 is 0 Å². The number of aromatic nitrogens is 1. The van der Waals surface area contributed by atoms with E-state index in [-0.39, 0.29) is 0 Å². The van der Waals surface area contributed by atoms with Gasteiger partial charge in [0.15, 0.2) is 0 Å². The number of nitriles is 1. The molecule has 2 aromatic rings. The van der Waals surface area contributed by atoms with Gasteiger partial charge in [0.25, 0.3) is 0 Å². The molecular weight excluding hydrogens is 216 g/mol. The molecule has 4 nitrogen and oxygen atoms in total. The van der Waals surface area contributed by atoms with Gasteiger partial charge in [0.1, 0.15) is 0 Å². The number of carboxylic acid groups (broad SMARTS) is 1. The minimum atomic E-state index is -0.916. The van der Waals surface area contributed by atoms with E-state index in [1.165, 1.54) is 0 Å². The van der Waals surface area contributed by atoms with E-state index in [0.29, 0.717) is 18.5 Å². The zero-order chi connectivity index (χ0) is 12.3. The van der Waals surface area contributed by atoms with Crippen molar-refractivity contribution in [1.29, 1.82) is 5.26 Å². The number of hydrogen-bond donors (Lipinski definition) is 1. The van der Waals surface area contributed by atoms with Crippen molar-refractivity contribution in [1.82, 2.24) is 4.57 Å². The van der Waals surface area contributed by atoms with Gasteiger partial charge < -0.3 is 9.67 Å². The highest BCUT2D eigenvalue weighted by Gasteiger charge is 2.12. The van der Waals surface area contributed by atoms with Crippen LogP contribution in [0.4, 0.5) is 0 Å². The van der Waals surface area contributed by atoms with Crippen LogP contribution in [-0.2, 0) is 6.54 Å². The van der Waals surface area contributed by atoms with Gasteiger partial charge in [0, 0.05) is 30.1 Å². The molecule has 0 aliphatic carbocycles. The summed E-state index contributed by atoms with van der Waals surface area (Å²) in [4.78, 5) is 11.1. The first kappa shape index (κ1) is 11.2. The Kier molecular flexibility index (Phi) is 3.10. The Morgan fingerprint density at radius 2 is 2.18 bits per heavy atom. The molecule has 17 heavy (non-hydrogen) atoms. The summed E-state index contributed by atoms with van der Waals surface area (Å²) >= 11 is 0. The van der Waals surface area contributed by atoms with E-state index in [1.54, 1.807) is 12.3 Å². The van der Waals surface area contributed by atoms with Crippen molar-refractivity contribution in [3.8, 4) is 6.07 Å². The molecule has 1 aromatic carbocycles. The lowest BCUT2D eigenvalue weighted by atomic mass is 10.2. The van der Waals surface area contributed by atoms with Crippen LogP contribution in [0.1, 0.15) is 23.2 Å². The zero-order valence-electron chi connectivity index (χ0n) is 9.26. The van der Waals surface area contributed by atoms with Crippen LogP contribution in [0.15, 0.2) is 30.5 Å². The molecule has 1 N–H and O–H groups in total. The second-order valence-electron chi connectivity index (χ2n) is 3.82. The molecule has 0 unspecified atom stereocenters. The summed E-state index contributed by atoms with van der Waals surface area (Å²) in [6, 6.07) is 9.50. The summed E-state index contributed by atoms with van der Waals surface area (Å²) < 4.78 is 1.90. The number of rotatable bonds is 4. The Labute approximate surface area is 98.7 Å². The normalized spacial score (nSPS) is 10.3. The fourth-order valence-corrected chi connectivity index (χ4v) is 1.93. The summed E-state index contributed by atoms with van der Waals surface area (Å²) in [7, 11) is 0. The van der Waals surface area contributed by atoms with Gasteiger partial charge in [0.05, 0.1) is 11.6 Å². The van der Waals surface area contributed by atoms with Gasteiger partial charge in [-0.2, -0.15) is 5.26 Å². The molecule has 4 heteroatoms. The number of hydrogen-bond acceptors (Lipinski definition) is 2. The van der Waals surface area contributed by atoms with Crippen molar-refractivity contribution in [3.05, 3.63) is 36.0 Å². The van der Waals surface area contributed by atoms with Crippen LogP contribution in [-0.4, -0.2) is 15.6 Å². The molecular formula is C13H12N2O2. The Bertz CT molecular complexity index is 593. The number of unbranched alkanes of at least 4 members (excludes halogenated alkanes) is 1. The van der Waals surface area contributed by atoms with Crippen LogP contribution in [0, 0.1) is 11.3 Å². The third-order valence-corrected chi connectivity index (χ3v) is 2.71. The summed E-state index contributed by atoms with van der Waals surface area (Å²) in [6.07, 6.45) is 2.85. The molecule has 0 atom stereocenters. The van der Waals surface area contributed by atoms with Crippen LogP contribution in [0.25, 0.3) is 10.9 Å². The quantitative estimate of drug-likeness (QED) is 0.818. The lowest BCUT2D eigenvalue weighted by Gasteiger charge is -2.02. The molecule has 1 heterocycles. The molecule has 0 spiro atoms. The van der Waals surface area contributed by atoms with E-state index in [1.807, 2.05) is 22.8 Å². The lowest BCUT2D eigenvalue weighted by molar-refractivity contribution is 0.0699. The zero-order valence-corrected chi connectivity index (χ0v) is 9.26. The maximum atomic E-state index is 11.1. The molecule has 0 saturated heterocycles. The standard InChI is InChI=1S/C13H12N2O2/c14-7-3-4-8-15-9-11(13(16)17)10-5-1-2-6-12(10)15/h1-2,5-6,9H,3-4,8H2,(H,16,17). The van der Waals surface area contributed by atoms with Gasteiger partial charge in [-0.15, -0.1) is 0 Å². The SMILES string of the molecule is N#CCCCn1cc(C(=O)O)c2ccccc21. The van der Waals surface area contributed by atoms with Crippen molar-refractivity contribution in [2.75, 3.05) is 0 Å². The van der Waals surface area contributed by atoms with Gasteiger partial charge in [-0.05, 0) is 12.5 Å². The monoisotopic (exact) mass is 228 g/mol. The Morgan fingerprint density at radius 1 is 1.41 bits per heavy atom. The summed E-state index contributed by atoms with van der Waals surface area (Å²) in [5.41, 5.74) is 1.22. The molecule has 0 saturated carbocycles. The highest BCUT2D eigenvalue weighted by Crippen LogP contribution is 2.21. The minimum absolute atomic E-state index is 0.317. The van der Waals surface area contributed by atoms with E-state index in [2.05, 4.69) is 6.07 Å². The fraction of sp³-hybridized carbons (Fsp3) is 0.231. The van der Waals surface area contributed by atoms with Gasteiger partial charge in [-0.3, -0.25) is 0 Å². The van der Waals surface area contributed by atoms with Crippen LogP contribution < -0.4 is 0 Å².